The van der Waals surface area contributed by atoms with Crippen LogP contribution in [-0.4, -0.2) is 44.1 Å². The number of carbonyl (C=O) groups is 2. The predicted octanol–water partition coefficient (Wildman–Crippen LogP) is 2.06. The van der Waals surface area contributed by atoms with Crippen molar-refractivity contribution in [1.82, 2.24) is 20.2 Å². The first-order valence-corrected chi connectivity index (χ1v) is 8.04. The first-order valence-electron chi connectivity index (χ1n) is 8.04. The monoisotopic (exact) mass is 400 g/mol. The van der Waals surface area contributed by atoms with Gasteiger partial charge in [0.15, 0.2) is 5.82 Å². The van der Waals surface area contributed by atoms with Crippen LogP contribution in [0.25, 0.3) is 5.69 Å². The standard InChI is InChI=1S/C17H13FN6O5/c1-9-20-21-22-23(9)15-8-12(3-4-14(15)18)19-16(25)10-5-11(17(26)29-2)7-13(6-10)24(27)28/h3-8H,1-2H3,(H,19,25). The Morgan fingerprint density at radius 2 is 1.93 bits per heavy atom. The highest BCUT2D eigenvalue weighted by molar-refractivity contribution is 6.06. The van der Waals surface area contributed by atoms with Crippen LogP contribution in [0.3, 0.4) is 0 Å². The highest BCUT2D eigenvalue weighted by Gasteiger charge is 2.19. The molecule has 0 atom stereocenters. The van der Waals surface area contributed by atoms with E-state index in [0.29, 0.717) is 5.82 Å². The normalized spacial score (nSPS) is 10.4. The van der Waals surface area contributed by atoms with Crippen LogP contribution in [0.5, 0.6) is 0 Å². The lowest BCUT2D eigenvalue weighted by Gasteiger charge is -2.09. The van der Waals surface area contributed by atoms with Gasteiger partial charge in [-0.15, -0.1) is 5.10 Å². The zero-order chi connectivity index (χ0) is 21.1. The van der Waals surface area contributed by atoms with Gasteiger partial charge in [0.1, 0.15) is 11.5 Å². The van der Waals surface area contributed by atoms with Gasteiger partial charge in [-0.3, -0.25) is 14.9 Å². The molecule has 1 N–H and O–H groups in total. The van der Waals surface area contributed by atoms with Gasteiger partial charge < -0.3 is 10.1 Å². The molecule has 0 saturated heterocycles. The SMILES string of the molecule is COC(=O)c1cc(C(=O)Nc2ccc(F)c(-n3nnnc3C)c2)cc([N+](=O)[O-])c1. The Labute approximate surface area is 162 Å². The van der Waals surface area contributed by atoms with Crippen LogP contribution in [-0.2, 0) is 4.74 Å². The van der Waals surface area contributed by atoms with E-state index in [9.17, 15) is 24.1 Å². The van der Waals surface area contributed by atoms with E-state index >= 15 is 0 Å². The second-order valence-corrected chi connectivity index (χ2v) is 5.78. The van der Waals surface area contributed by atoms with E-state index in [1.54, 1.807) is 6.92 Å². The summed E-state index contributed by atoms with van der Waals surface area (Å²) in [6.07, 6.45) is 0. The molecule has 1 aromatic heterocycles. The van der Waals surface area contributed by atoms with Crippen LogP contribution in [0.2, 0.25) is 0 Å². The van der Waals surface area contributed by atoms with Gasteiger partial charge in [0.25, 0.3) is 11.6 Å². The molecule has 0 aliphatic rings. The molecule has 1 amide bonds. The third-order valence-corrected chi connectivity index (χ3v) is 3.87. The van der Waals surface area contributed by atoms with E-state index in [4.69, 9.17) is 0 Å². The molecule has 0 aliphatic heterocycles. The number of non-ortho nitro benzene ring substituents is 1. The van der Waals surface area contributed by atoms with E-state index in [-0.39, 0.29) is 22.5 Å². The lowest BCUT2D eigenvalue weighted by Crippen LogP contribution is -2.14. The van der Waals surface area contributed by atoms with Crippen LogP contribution in [0.4, 0.5) is 15.8 Å². The first-order chi connectivity index (χ1) is 13.8. The van der Waals surface area contributed by atoms with Crippen LogP contribution in [0, 0.1) is 22.9 Å². The highest BCUT2D eigenvalue weighted by Crippen LogP contribution is 2.22. The van der Waals surface area contributed by atoms with E-state index in [0.717, 1.165) is 36.1 Å². The molecule has 11 nitrogen and oxygen atoms in total. The van der Waals surface area contributed by atoms with Gasteiger partial charge in [-0.1, -0.05) is 0 Å². The molecule has 12 heteroatoms. The second-order valence-electron chi connectivity index (χ2n) is 5.78. The Bertz CT molecular complexity index is 1130. The fraction of sp³-hybridized carbons (Fsp3) is 0.118. The second kappa shape index (κ2) is 7.80. The fourth-order valence-corrected chi connectivity index (χ4v) is 2.49. The number of methoxy groups -OCH3 is 1. The van der Waals surface area contributed by atoms with Gasteiger partial charge >= 0.3 is 5.97 Å². The Morgan fingerprint density at radius 1 is 1.21 bits per heavy atom. The molecule has 0 aliphatic carbocycles. The third-order valence-electron chi connectivity index (χ3n) is 3.87. The number of aryl methyl sites for hydroxylation is 1. The van der Waals surface area contributed by atoms with E-state index < -0.39 is 28.3 Å². The van der Waals surface area contributed by atoms with Crippen LogP contribution in [0.1, 0.15) is 26.5 Å². The Hall–Kier alpha value is -4.22. The fourth-order valence-electron chi connectivity index (χ4n) is 2.49. The van der Waals surface area contributed by atoms with Gasteiger partial charge in [-0.05, 0) is 41.6 Å². The van der Waals surface area contributed by atoms with Gasteiger partial charge in [-0.25, -0.2) is 9.18 Å². The maximum atomic E-state index is 14.1. The lowest BCUT2D eigenvalue weighted by atomic mass is 10.1. The number of esters is 1. The van der Waals surface area contributed by atoms with E-state index in [2.05, 4.69) is 25.6 Å². The van der Waals surface area contributed by atoms with Gasteiger partial charge in [0.2, 0.25) is 0 Å². The number of benzene rings is 2. The molecule has 0 fully saturated rings. The van der Waals surface area contributed by atoms with Crippen molar-refractivity contribution in [1.29, 1.82) is 0 Å². The molecular formula is C17H13FN6O5. The molecule has 3 aromatic rings. The van der Waals surface area contributed by atoms with Crippen molar-refractivity contribution in [3.05, 3.63) is 69.3 Å². The number of nitrogens with one attached hydrogen (secondary N) is 1. The molecule has 0 bridgehead atoms. The van der Waals surface area contributed by atoms with Gasteiger partial charge in [0, 0.05) is 23.4 Å². The number of nitrogens with zero attached hydrogens (tertiary/aromatic N) is 5. The number of ether oxygens (including phenoxy) is 1. The van der Waals surface area contributed by atoms with Crippen LogP contribution >= 0.6 is 0 Å². The number of carbonyl (C=O) groups excluding carboxylic acids is 2. The molecule has 1 heterocycles. The molecule has 0 radical (unpaired) electrons. The average Bonchev–Trinajstić information content (AvgIpc) is 3.14. The van der Waals surface area contributed by atoms with Crippen molar-refractivity contribution in [3.8, 4) is 5.69 Å². The number of anilines is 1. The van der Waals surface area contributed by atoms with Gasteiger partial charge in [-0.2, -0.15) is 4.68 Å². The number of aromatic nitrogens is 4. The molecule has 148 valence electrons. The molecule has 0 saturated carbocycles. The predicted molar refractivity (Wildman–Crippen MR) is 96.2 cm³/mol. The minimum Gasteiger partial charge on any atom is -0.465 e. The van der Waals surface area contributed by atoms with Crippen molar-refractivity contribution >= 4 is 23.3 Å². The molecule has 3 rings (SSSR count). The van der Waals surface area contributed by atoms with E-state index in [1.807, 2.05) is 0 Å². The highest BCUT2D eigenvalue weighted by atomic mass is 19.1. The quantitative estimate of drug-likeness (QED) is 0.389. The molecular weight excluding hydrogens is 387 g/mol. The minimum atomic E-state index is -0.832. The minimum absolute atomic E-state index is 0.000378. The van der Waals surface area contributed by atoms with Crippen molar-refractivity contribution in [2.75, 3.05) is 12.4 Å². The Morgan fingerprint density at radius 3 is 2.55 bits per heavy atom. The molecule has 2 aromatic carbocycles. The van der Waals surface area contributed by atoms with E-state index in [1.165, 1.54) is 12.1 Å². The summed E-state index contributed by atoms with van der Waals surface area (Å²) in [4.78, 5) is 34.7. The Kier molecular flexibility index (Phi) is 5.25. The number of amides is 1. The summed E-state index contributed by atoms with van der Waals surface area (Å²) < 4.78 is 19.8. The van der Waals surface area contributed by atoms with Crippen molar-refractivity contribution in [2.24, 2.45) is 0 Å². The van der Waals surface area contributed by atoms with Crippen molar-refractivity contribution < 1.29 is 23.6 Å². The molecule has 0 unspecified atom stereocenters. The van der Waals surface area contributed by atoms with Crippen LogP contribution < -0.4 is 5.32 Å². The molecule has 29 heavy (non-hydrogen) atoms. The zero-order valence-electron chi connectivity index (χ0n) is 15.1. The largest absolute Gasteiger partial charge is 0.465 e. The smallest absolute Gasteiger partial charge is 0.338 e. The third kappa shape index (κ3) is 4.05. The number of rotatable bonds is 5. The number of hydrogen-bond acceptors (Lipinski definition) is 8. The maximum Gasteiger partial charge on any atom is 0.338 e. The maximum absolute atomic E-state index is 14.1. The van der Waals surface area contributed by atoms with Crippen molar-refractivity contribution in [3.63, 3.8) is 0 Å². The summed E-state index contributed by atoms with van der Waals surface area (Å²) in [7, 11) is 1.11. The average molecular weight is 400 g/mol. The summed E-state index contributed by atoms with van der Waals surface area (Å²) in [5.41, 5.74) is -0.575. The van der Waals surface area contributed by atoms with Gasteiger partial charge in [0.05, 0.1) is 17.6 Å². The van der Waals surface area contributed by atoms with Crippen LogP contribution in [0.15, 0.2) is 36.4 Å². The van der Waals surface area contributed by atoms with Crippen molar-refractivity contribution in [2.45, 2.75) is 6.92 Å². The summed E-state index contributed by atoms with van der Waals surface area (Å²) in [5.74, 6) is -1.87. The Balaban J connectivity index is 1.95. The topological polar surface area (TPSA) is 142 Å². The number of tetrazole rings is 1. The summed E-state index contributed by atoms with van der Waals surface area (Å²) in [6.45, 7) is 1.57. The summed E-state index contributed by atoms with van der Waals surface area (Å²) in [6, 6.07) is 6.88. The lowest BCUT2D eigenvalue weighted by molar-refractivity contribution is -0.384. The number of hydrogen-bond donors (Lipinski definition) is 1. The number of nitro groups is 1. The molecule has 0 spiro atoms. The summed E-state index contributed by atoms with van der Waals surface area (Å²) >= 11 is 0. The zero-order valence-corrected chi connectivity index (χ0v) is 15.1. The number of nitro benzene ring substituents is 1. The summed E-state index contributed by atoms with van der Waals surface area (Å²) in [5, 5.41) is 24.4. The first kappa shape index (κ1) is 19.5. The number of halogens is 1.